The van der Waals surface area contributed by atoms with E-state index in [2.05, 4.69) is 38.6 Å². The molecule has 1 fully saturated rings. The molecule has 29 heavy (non-hydrogen) atoms. The van der Waals surface area contributed by atoms with Gasteiger partial charge in [0.15, 0.2) is 6.23 Å². The number of nitrogens with zero attached hydrogens (tertiary/aromatic N) is 4. The van der Waals surface area contributed by atoms with Crippen LogP contribution in [0.5, 0.6) is 0 Å². The van der Waals surface area contributed by atoms with E-state index in [4.69, 9.17) is 16.3 Å². The fourth-order valence-electron chi connectivity index (χ4n) is 3.62. The molecule has 0 spiro atoms. The maximum atomic E-state index is 6.06. The summed E-state index contributed by atoms with van der Waals surface area (Å²) >= 11 is 6.06. The molecule has 1 aliphatic heterocycles. The van der Waals surface area contributed by atoms with Crippen LogP contribution in [0.1, 0.15) is 25.5 Å². The van der Waals surface area contributed by atoms with E-state index in [1.54, 1.807) is 6.20 Å². The molecular weight excluding hydrogens is 386 g/mol. The van der Waals surface area contributed by atoms with E-state index in [0.717, 1.165) is 53.7 Å². The Balaban J connectivity index is 1.47. The van der Waals surface area contributed by atoms with Gasteiger partial charge in [0.05, 0.1) is 17.4 Å². The van der Waals surface area contributed by atoms with Crippen molar-refractivity contribution in [2.24, 2.45) is 0 Å². The number of benzene rings is 2. The van der Waals surface area contributed by atoms with Gasteiger partial charge in [0, 0.05) is 34.5 Å². The van der Waals surface area contributed by atoms with Crippen molar-refractivity contribution in [3.63, 3.8) is 0 Å². The van der Waals surface area contributed by atoms with Gasteiger partial charge in [-0.25, -0.2) is 14.6 Å². The molecule has 0 amide bonds. The molecule has 3 heterocycles. The molecule has 7 heteroatoms. The normalized spacial score (nSPS) is 16.8. The van der Waals surface area contributed by atoms with Crippen molar-refractivity contribution >= 4 is 34.1 Å². The van der Waals surface area contributed by atoms with Gasteiger partial charge < -0.3 is 10.1 Å². The topological polar surface area (TPSA) is 64.9 Å². The standard InChI is InChI=1S/C22H20ClN5O/c23-17-4-3-5-18(13-17)26-22-24-10-9-19(27-22)15-7-8-16-14-25-28(20(16)12-15)21-6-1-2-11-29-21/h3-5,7-10,12-14,21H,1-2,6,11H2,(H,24,26,27). The molecule has 1 saturated heterocycles. The smallest absolute Gasteiger partial charge is 0.227 e. The number of hydrogen-bond donors (Lipinski definition) is 1. The van der Waals surface area contributed by atoms with Gasteiger partial charge >= 0.3 is 0 Å². The van der Waals surface area contributed by atoms with E-state index < -0.39 is 0 Å². The van der Waals surface area contributed by atoms with Crippen LogP contribution in [0, 0.1) is 0 Å². The van der Waals surface area contributed by atoms with Crippen LogP contribution in [-0.4, -0.2) is 26.4 Å². The highest BCUT2D eigenvalue weighted by Gasteiger charge is 2.19. The molecule has 0 bridgehead atoms. The first-order chi connectivity index (χ1) is 14.3. The lowest BCUT2D eigenvalue weighted by Gasteiger charge is -2.23. The number of aromatic nitrogens is 4. The third kappa shape index (κ3) is 3.81. The molecule has 6 nitrogen and oxygen atoms in total. The lowest BCUT2D eigenvalue weighted by molar-refractivity contribution is -0.0366. The van der Waals surface area contributed by atoms with Crippen LogP contribution in [0.4, 0.5) is 11.6 Å². The molecule has 2 aromatic carbocycles. The molecule has 4 aromatic rings. The highest BCUT2D eigenvalue weighted by molar-refractivity contribution is 6.30. The number of nitrogens with one attached hydrogen (secondary N) is 1. The second kappa shape index (κ2) is 7.81. The molecule has 1 unspecified atom stereocenters. The summed E-state index contributed by atoms with van der Waals surface area (Å²) in [5, 5.41) is 9.53. The van der Waals surface area contributed by atoms with Crippen molar-refractivity contribution < 1.29 is 4.74 Å². The maximum Gasteiger partial charge on any atom is 0.227 e. The van der Waals surface area contributed by atoms with Crippen molar-refractivity contribution in [2.75, 3.05) is 11.9 Å². The number of ether oxygens (including phenoxy) is 1. The summed E-state index contributed by atoms with van der Waals surface area (Å²) in [6, 6.07) is 15.6. The summed E-state index contributed by atoms with van der Waals surface area (Å²) in [5.74, 6) is 0.522. The highest BCUT2D eigenvalue weighted by atomic mass is 35.5. The van der Waals surface area contributed by atoms with Crippen LogP contribution < -0.4 is 5.32 Å². The summed E-state index contributed by atoms with van der Waals surface area (Å²) in [4.78, 5) is 9.01. The van der Waals surface area contributed by atoms with Gasteiger partial charge in [-0.3, -0.25) is 0 Å². The van der Waals surface area contributed by atoms with Crippen molar-refractivity contribution in [1.29, 1.82) is 0 Å². The molecule has 1 N–H and O–H groups in total. The monoisotopic (exact) mass is 405 g/mol. The highest BCUT2D eigenvalue weighted by Crippen LogP contribution is 2.29. The fraction of sp³-hybridized carbons (Fsp3) is 0.227. The van der Waals surface area contributed by atoms with Gasteiger partial charge in [-0.15, -0.1) is 0 Å². The van der Waals surface area contributed by atoms with Crippen molar-refractivity contribution in [1.82, 2.24) is 19.7 Å². The summed E-state index contributed by atoms with van der Waals surface area (Å²) < 4.78 is 7.92. The van der Waals surface area contributed by atoms with Crippen LogP contribution in [0.15, 0.2) is 60.9 Å². The summed E-state index contributed by atoms with van der Waals surface area (Å²) in [5.41, 5.74) is 3.74. The van der Waals surface area contributed by atoms with E-state index in [1.165, 1.54) is 0 Å². The van der Waals surface area contributed by atoms with Crippen LogP contribution in [0.2, 0.25) is 5.02 Å². The van der Waals surface area contributed by atoms with E-state index in [1.807, 2.05) is 41.2 Å². The van der Waals surface area contributed by atoms with Crippen LogP contribution in [0.25, 0.3) is 22.2 Å². The minimum atomic E-state index is 0.00181. The van der Waals surface area contributed by atoms with Gasteiger partial charge in [-0.1, -0.05) is 29.8 Å². The van der Waals surface area contributed by atoms with Gasteiger partial charge in [-0.05, 0) is 49.6 Å². The first-order valence-corrected chi connectivity index (χ1v) is 10.1. The van der Waals surface area contributed by atoms with Crippen LogP contribution in [0.3, 0.4) is 0 Å². The number of fused-ring (bicyclic) bond motifs is 1. The Morgan fingerprint density at radius 3 is 2.93 bits per heavy atom. The van der Waals surface area contributed by atoms with Crippen molar-refractivity contribution in [3.8, 4) is 11.3 Å². The Kier molecular flexibility index (Phi) is 4.87. The zero-order chi connectivity index (χ0) is 19.6. The Hall–Kier alpha value is -2.96. The minimum absolute atomic E-state index is 0.00181. The zero-order valence-corrected chi connectivity index (χ0v) is 16.5. The van der Waals surface area contributed by atoms with Gasteiger partial charge in [0.2, 0.25) is 5.95 Å². The molecule has 0 saturated carbocycles. The Morgan fingerprint density at radius 1 is 1.10 bits per heavy atom. The van der Waals surface area contributed by atoms with E-state index in [0.29, 0.717) is 11.0 Å². The first-order valence-electron chi connectivity index (χ1n) is 9.71. The van der Waals surface area contributed by atoms with Crippen molar-refractivity contribution in [3.05, 3.63) is 65.9 Å². The molecule has 1 atom stereocenters. The SMILES string of the molecule is Clc1cccc(Nc2nccc(-c3ccc4cnn(C5CCCCO5)c4c3)n2)c1. The van der Waals surface area contributed by atoms with Gasteiger partial charge in [0.1, 0.15) is 0 Å². The minimum Gasteiger partial charge on any atom is -0.356 e. The zero-order valence-electron chi connectivity index (χ0n) is 15.8. The average Bonchev–Trinajstić information content (AvgIpc) is 3.18. The molecule has 2 aromatic heterocycles. The van der Waals surface area contributed by atoms with Gasteiger partial charge in [-0.2, -0.15) is 5.10 Å². The third-order valence-electron chi connectivity index (χ3n) is 5.06. The Morgan fingerprint density at radius 2 is 2.07 bits per heavy atom. The van der Waals surface area contributed by atoms with E-state index >= 15 is 0 Å². The predicted octanol–water partition coefficient (Wildman–Crippen LogP) is 5.59. The summed E-state index contributed by atoms with van der Waals surface area (Å²) in [6.07, 6.45) is 6.91. The van der Waals surface area contributed by atoms with Crippen LogP contribution in [-0.2, 0) is 4.74 Å². The predicted molar refractivity (Wildman–Crippen MR) is 114 cm³/mol. The lowest BCUT2D eigenvalue weighted by atomic mass is 10.1. The number of hydrogen-bond acceptors (Lipinski definition) is 5. The second-order valence-corrected chi connectivity index (χ2v) is 7.52. The third-order valence-corrected chi connectivity index (χ3v) is 5.29. The summed E-state index contributed by atoms with van der Waals surface area (Å²) in [6.45, 7) is 0.788. The molecule has 0 radical (unpaired) electrons. The van der Waals surface area contributed by atoms with E-state index in [9.17, 15) is 0 Å². The lowest BCUT2D eigenvalue weighted by Crippen LogP contribution is -2.18. The molecule has 5 rings (SSSR count). The second-order valence-electron chi connectivity index (χ2n) is 7.08. The van der Waals surface area contributed by atoms with Crippen LogP contribution >= 0.6 is 11.6 Å². The first kappa shape index (κ1) is 18.1. The van der Waals surface area contributed by atoms with Crippen molar-refractivity contribution in [2.45, 2.75) is 25.5 Å². The molecule has 1 aliphatic rings. The number of rotatable bonds is 4. The largest absolute Gasteiger partial charge is 0.356 e. The number of halogens is 1. The maximum absolute atomic E-state index is 6.06. The Bertz CT molecular complexity index is 1150. The average molecular weight is 406 g/mol. The molecule has 146 valence electrons. The molecular formula is C22H20ClN5O. The van der Waals surface area contributed by atoms with E-state index in [-0.39, 0.29) is 6.23 Å². The van der Waals surface area contributed by atoms with Gasteiger partial charge in [0.25, 0.3) is 0 Å². The molecule has 0 aliphatic carbocycles. The quantitative estimate of drug-likeness (QED) is 0.479. The Labute approximate surface area is 173 Å². The number of anilines is 2. The fourth-order valence-corrected chi connectivity index (χ4v) is 3.81. The summed E-state index contributed by atoms with van der Waals surface area (Å²) in [7, 11) is 0.